The van der Waals surface area contributed by atoms with Gasteiger partial charge >= 0.3 is 0 Å². The van der Waals surface area contributed by atoms with Crippen molar-refractivity contribution in [2.75, 3.05) is 46.9 Å². The minimum Gasteiger partial charge on any atom is -0.383 e. The van der Waals surface area contributed by atoms with E-state index in [1.807, 2.05) is 0 Å². The first-order valence-electron chi connectivity index (χ1n) is 8.37. The number of nitrogens with one attached hydrogen (secondary N) is 2. The molecular weight excluding hydrogens is 280 g/mol. The first-order valence-corrected chi connectivity index (χ1v) is 8.37. The molecule has 1 unspecified atom stereocenters. The molecule has 1 amide bonds. The van der Waals surface area contributed by atoms with E-state index < -0.39 is 0 Å². The van der Waals surface area contributed by atoms with E-state index in [0.717, 1.165) is 30.9 Å². The lowest BCUT2D eigenvalue weighted by Crippen LogP contribution is -2.45. The third kappa shape index (κ3) is 5.83. The zero-order valence-electron chi connectivity index (χ0n) is 14.5. The molecule has 0 saturated carbocycles. The summed E-state index contributed by atoms with van der Waals surface area (Å²) in [5, 5.41) is 5.96. The minimum atomic E-state index is -0.0334. The standard InChI is InChI=1S/C16H32N4O2/c1-5-13(6-2)14-7-9-20(12-14)16(17-3)19-11-15(21)18-8-10-22-4/h13-14H,5-12H2,1-4H3,(H,17,19)(H,18,21). The second-order valence-electron chi connectivity index (χ2n) is 5.81. The summed E-state index contributed by atoms with van der Waals surface area (Å²) in [7, 11) is 3.39. The highest BCUT2D eigenvalue weighted by atomic mass is 16.5. The second-order valence-corrected chi connectivity index (χ2v) is 5.81. The van der Waals surface area contributed by atoms with Gasteiger partial charge in [0.2, 0.25) is 5.91 Å². The van der Waals surface area contributed by atoms with Crippen molar-refractivity contribution < 1.29 is 9.53 Å². The Balaban J connectivity index is 2.38. The van der Waals surface area contributed by atoms with Crippen LogP contribution in [-0.2, 0) is 9.53 Å². The van der Waals surface area contributed by atoms with Gasteiger partial charge in [0.1, 0.15) is 0 Å². The molecule has 2 N–H and O–H groups in total. The number of rotatable bonds is 8. The third-order valence-corrected chi connectivity index (χ3v) is 4.49. The minimum absolute atomic E-state index is 0.0334. The van der Waals surface area contributed by atoms with Crippen LogP contribution in [0.5, 0.6) is 0 Å². The summed E-state index contributed by atoms with van der Waals surface area (Å²) in [5.74, 6) is 2.33. The van der Waals surface area contributed by atoms with Crippen LogP contribution >= 0.6 is 0 Å². The van der Waals surface area contributed by atoms with Gasteiger partial charge in [-0.15, -0.1) is 0 Å². The van der Waals surface area contributed by atoms with E-state index in [4.69, 9.17) is 4.74 Å². The molecular formula is C16H32N4O2. The van der Waals surface area contributed by atoms with Gasteiger partial charge in [0.15, 0.2) is 5.96 Å². The predicted octanol–water partition coefficient (Wildman–Crippen LogP) is 1.08. The smallest absolute Gasteiger partial charge is 0.239 e. The maximum atomic E-state index is 11.7. The number of carbonyl (C=O) groups excluding carboxylic acids is 1. The summed E-state index contributed by atoms with van der Waals surface area (Å²) in [6, 6.07) is 0. The van der Waals surface area contributed by atoms with Crippen molar-refractivity contribution >= 4 is 11.9 Å². The number of nitrogens with zero attached hydrogens (tertiary/aromatic N) is 2. The zero-order valence-corrected chi connectivity index (χ0v) is 14.5. The molecule has 0 aromatic rings. The molecule has 22 heavy (non-hydrogen) atoms. The van der Waals surface area contributed by atoms with Crippen LogP contribution in [0.4, 0.5) is 0 Å². The molecule has 0 aromatic carbocycles. The largest absolute Gasteiger partial charge is 0.383 e. The Morgan fingerprint density at radius 2 is 2.09 bits per heavy atom. The first kappa shape index (κ1) is 18.7. The molecule has 0 aromatic heterocycles. The topological polar surface area (TPSA) is 66.0 Å². The van der Waals surface area contributed by atoms with Crippen molar-refractivity contribution in [1.29, 1.82) is 0 Å². The molecule has 1 fully saturated rings. The Kier molecular flexibility index (Phi) is 8.89. The van der Waals surface area contributed by atoms with Crippen LogP contribution in [0.3, 0.4) is 0 Å². The molecule has 0 spiro atoms. The lowest BCUT2D eigenvalue weighted by molar-refractivity contribution is -0.120. The van der Waals surface area contributed by atoms with Gasteiger partial charge in [-0.1, -0.05) is 26.7 Å². The molecule has 1 aliphatic rings. The van der Waals surface area contributed by atoms with Crippen molar-refractivity contribution in [2.24, 2.45) is 16.8 Å². The van der Waals surface area contributed by atoms with Crippen molar-refractivity contribution in [1.82, 2.24) is 15.5 Å². The summed E-state index contributed by atoms with van der Waals surface area (Å²) in [6.07, 6.45) is 3.69. The van der Waals surface area contributed by atoms with Crippen LogP contribution in [0.1, 0.15) is 33.1 Å². The normalized spacial score (nSPS) is 18.9. The molecule has 128 valence electrons. The van der Waals surface area contributed by atoms with E-state index in [1.165, 1.54) is 19.3 Å². The molecule has 1 aliphatic heterocycles. The summed E-state index contributed by atoms with van der Waals surface area (Å²) in [6.45, 7) is 7.92. The summed E-state index contributed by atoms with van der Waals surface area (Å²) in [4.78, 5) is 18.3. The summed E-state index contributed by atoms with van der Waals surface area (Å²) in [5.41, 5.74) is 0. The van der Waals surface area contributed by atoms with Crippen LogP contribution in [0.15, 0.2) is 4.99 Å². The fraction of sp³-hybridized carbons (Fsp3) is 0.875. The fourth-order valence-corrected chi connectivity index (χ4v) is 3.17. The predicted molar refractivity (Wildman–Crippen MR) is 90.0 cm³/mol. The van der Waals surface area contributed by atoms with Gasteiger partial charge in [0, 0.05) is 33.8 Å². The maximum Gasteiger partial charge on any atom is 0.239 e. The highest BCUT2D eigenvalue weighted by Crippen LogP contribution is 2.28. The average molecular weight is 312 g/mol. The van der Waals surface area contributed by atoms with Crippen molar-refractivity contribution in [2.45, 2.75) is 33.1 Å². The van der Waals surface area contributed by atoms with E-state index in [1.54, 1.807) is 14.2 Å². The van der Waals surface area contributed by atoms with E-state index in [0.29, 0.717) is 13.2 Å². The average Bonchev–Trinajstić information content (AvgIpc) is 2.99. The zero-order chi connectivity index (χ0) is 16.4. The van der Waals surface area contributed by atoms with Gasteiger partial charge in [-0.05, 0) is 18.3 Å². The SMILES string of the molecule is CCC(CC)C1CCN(C(=NC)NCC(=O)NCCOC)C1. The third-order valence-electron chi connectivity index (χ3n) is 4.49. The number of hydrogen-bond acceptors (Lipinski definition) is 3. The number of amides is 1. The van der Waals surface area contributed by atoms with Crippen molar-refractivity contribution in [3.8, 4) is 0 Å². The van der Waals surface area contributed by atoms with Gasteiger partial charge in [-0.25, -0.2) is 0 Å². The Labute approximate surface area is 134 Å². The number of hydrogen-bond donors (Lipinski definition) is 2. The number of carbonyl (C=O) groups is 1. The van der Waals surface area contributed by atoms with Crippen LogP contribution < -0.4 is 10.6 Å². The second kappa shape index (κ2) is 10.4. The van der Waals surface area contributed by atoms with Gasteiger partial charge in [0.05, 0.1) is 13.2 Å². The number of likely N-dealkylation sites (tertiary alicyclic amines) is 1. The molecule has 0 bridgehead atoms. The molecule has 0 radical (unpaired) electrons. The molecule has 1 atom stereocenters. The monoisotopic (exact) mass is 312 g/mol. The van der Waals surface area contributed by atoms with Crippen molar-refractivity contribution in [3.63, 3.8) is 0 Å². The van der Waals surface area contributed by atoms with E-state index in [-0.39, 0.29) is 12.5 Å². The first-order chi connectivity index (χ1) is 10.7. The van der Waals surface area contributed by atoms with Gasteiger partial charge in [0.25, 0.3) is 0 Å². The fourth-order valence-electron chi connectivity index (χ4n) is 3.17. The van der Waals surface area contributed by atoms with Gasteiger partial charge < -0.3 is 20.3 Å². The van der Waals surface area contributed by atoms with E-state index in [9.17, 15) is 4.79 Å². The van der Waals surface area contributed by atoms with Crippen LogP contribution in [0.2, 0.25) is 0 Å². The Bertz CT molecular complexity index is 356. The molecule has 1 saturated heterocycles. The van der Waals surface area contributed by atoms with Crippen LogP contribution in [0.25, 0.3) is 0 Å². The molecule has 6 heteroatoms. The van der Waals surface area contributed by atoms with Crippen molar-refractivity contribution in [3.05, 3.63) is 0 Å². The number of guanidine groups is 1. The highest BCUT2D eigenvalue weighted by Gasteiger charge is 2.29. The summed E-state index contributed by atoms with van der Waals surface area (Å²) >= 11 is 0. The molecule has 6 nitrogen and oxygen atoms in total. The Morgan fingerprint density at radius 1 is 1.36 bits per heavy atom. The van der Waals surface area contributed by atoms with E-state index >= 15 is 0 Å². The number of aliphatic imine (C=N–C) groups is 1. The molecule has 1 rings (SSSR count). The lowest BCUT2D eigenvalue weighted by atomic mass is 9.87. The van der Waals surface area contributed by atoms with Crippen LogP contribution in [-0.4, -0.2) is 63.7 Å². The van der Waals surface area contributed by atoms with E-state index in [2.05, 4.69) is 34.4 Å². The molecule has 0 aliphatic carbocycles. The van der Waals surface area contributed by atoms with Gasteiger partial charge in [-0.3, -0.25) is 9.79 Å². The molecule has 1 heterocycles. The number of ether oxygens (including phenoxy) is 1. The highest BCUT2D eigenvalue weighted by molar-refractivity contribution is 5.86. The lowest BCUT2D eigenvalue weighted by Gasteiger charge is -2.24. The number of methoxy groups -OCH3 is 1. The summed E-state index contributed by atoms with van der Waals surface area (Å²) < 4.78 is 4.91. The quantitative estimate of drug-likeness (QED) is 0.400. The Morgan fingerprint density at radius 3 is 2.68 bits per heavy atom. The maximum absolute atomic E-state index is 11.7. The van der Waals surface area contributed by atoms with Gasteiger partial charge in [-0.2, -0.15) is 0 Å². The Hall–Kier alpha value is -1.30. The van der Waals surface area contributed by atoms with Crippen LogP contribution in [0, 0.1) is 11.8 Å².